The van der Waals surface area contributed by atoms with Gasteiger partial charge in [-0.3, -0.25) is 24.3 Å². The van der Waals surface area contributed by atoms with Crippen LogP contribution in [0.4, 0.5) is 11.6 Å². The molecule has 15 nitrogen and oxygen atoms in total. The van der Waals surface area contributed by atoms with E-state index < -0.39 is 11.9 Å². The van der Waals surface area contributed by atoms with Crippen LogP contribution in [0.25, 0.3) is 5.65 Å². The fraction of sp³-hybridized carbons (Fsp3) is 0.360. The van der Waals surface area contributed by atoms with Crippen molar-refractivity contribution in [3.05, 3.63) is 51.7 Å². The summed E-state index contributed by atoms with van der Waals surface area (Å²) in [6.45, 7) is 9.50. The number of fused-ring (bicyclic) bond motifs is 2. The second kappa shape index (κ2) is 16.1. The van der Waals surface area contributed by atoms with Crippen LogP contribution in [0.1, 0.15) is 48.6 Å². The van der Waals surface area contributed by atoms with E-state index in [1.54, 1.807) is 43.5 Å². The Hall–Kier alpha value is -4.50. The van der Waals surface area contributed by atoms with Crippen molar-refractivity contribution in [1.82, 2.24) is 34.6 Å². The van der Waals surface area contributed by atoms with Crippen LogP contribution < -0.4 is 11.1 Å². The molecule has 0 aliphatic carbocycles. The highest BCUT2D eigenvalue weighted by Crippen LogP contribution is 2.17. The van der Waals surface area contributed by atoms with Gasteiger partial charge in [-0.2, -0.15) is 20.0 Å². The minimum atomic E-state index is -0.536. The molecular weight excluding hydrogens is 593 g/mol. The molecule has 226 valence electrons. The summed E-state index contributed by atoms with van der Waals surface area (Å²) >= 11 is 11.5. The van der Waals surface area contributed by atoms with Gasteiger partial charge < -0.3 is 20.5 Å². The van der Waals surface area contributed by atoms with Gasteiger partial charge in [-0.15, -0.1) is 0 Å². The van der Waals surface area contributed by atoms with Crippen molar-refractivity contribution in [2.24, 2.45) is 0 Å². The standard InChI is InChI=1S/C7H5Cl2N3.C7H7N3O2.C7H12O4.C4H7N3/c1-4-2-7-10-5(8)3-6(9)12(7)11-4;1-4-2-5-8-6(11)3-7(12)10(5)9-4;1-3-10-6(8)5-7(9)11-4-2;1-3-2-4(5)7-6-3/h2-3H,1H3;2H,3H2,1H3,(H,8,11);3-5H2,1-2H3;2H,1H3,(H3,5,6,7). The molecule has 1 aliphatic rings. The molecule has 5 heterocycles. The number of nitrogen functional groups attached to an aromatic ring is 1. The Balaban J connectivity index is 0.000000199. The maximum atomic E-state index is 11.1. The van der Waals surface area contributed by atoms with Crippen LogP contribution >= 0.6 is 23.2 Å². The number of nitrogens with zero attached hydrogens (tertiary/aromatic N) is 6. The summed E-state index contributed by atoms with van der Waals surface area (Å²) in [7, 11) is 0. The highest BCUT2D eigenvalue weighted by atomic mass is 35.5. The number of H-pyrrole nitrogens is 1. The Morgan fingerprint density at radius 2 is 1.60 bits per heavy atom. The highest BCUT2D eigenvalue weighted by Gasteiger charge is 2.23. The summed E-state index contributed by atoms with van der Waals surface area (Å²) in [6, 6.07) is 6.81. The lowest BCUT2D eigenvalue weighted by Gasteiger charge is -2.11. The SMILES string of the molecule is CCOC(=O)CC(=O)OCC.Cc1cc(N)n[nH]1.Cc1cc2n(n1)C(=O)CC(=O)N2.Cc1cc2nc(Cl)cc(Cl)n2n1. The third-order valence-corrected chi connectivity index (χ3v) is 5.21. The van der Waals surface area contributed by atoms with Crippen molar-refractivity contribution in [2.45, 2.75) is 47.5 Å². The van der Waals surface area contributed by atoms with Crippen molar-refractivity contribution in [3.63, 3.8) is 0 Å². The smallest absolute Gasteiger partial charge is 0.317 e. The number of aromatic amines is 1. The van der Waals surface area contributed by atoms with Crippen LogP contribution in [0, 0.1) is 20.8 Å². The van der Waals surface area contributed by atoms with E-state index in [0.29, 0.717) is 27.6 Å². The van der Waals surface area contributed by atoms with Gasteiger partial charge in [-0.05, 0) is 34.6 Å². The number of carbonyl (C=O) groups excluding carboxylic acids is 4. The van der Waals surface area contributed by atoms with Crippen molar-refractivity contribution < 1.29 is 28.7 Å². The molecule has 0 atom stereocenters. The molecule has 42 heavy (non-hydrogen) atoms. The highest BCUT2D eigenvalue weighted by molar-refractivity contribution is 6.33. The van der Waals surface area contributed by atoms with Crippen LogP contribution in [0.3, 0.4) is 0 Å². The summed E-state index contributed by atoms with van der Waals surface area (Å²) in [5.74, 6) is -0.600. The van der Waals surface area contributed by atoms with E-state index in [1.807, 2.05) is 19.9 Å². The fourth-order valence-corrected chi connectivity index (χ4v) is 3.66. The molecule has 0 saturated heterocycles. The maximum absolute atomic E-state index is 11.1. The number of anilines is 2. The molecule has 0 fully saturated rings. The quantitative estimate of drug-likeness (QED) is 0.171. The third kappa shape index (κ3) is 10.8. The normalized spacial score (nSPS) is 11.5. The van der Waals surface area contributed by atoms with Gasteiger partial charge in [-0.1, -0.05) is 23.2 Å². The van der Waals surface area contributed by atoms with Crippen molar-refractivity contribution in [3.8, 4) is 0 Å². The summed E-state index contributed by atoms with van der Waals surface area (Å²) < 4.78 is 11.8. The molecule has 0 aromatic carbocycles. The first kappa shape index (κ1) is 33.7. The van der Waals surface area contributed by atoms with Gasteiger partial charge in [0.2, 0.25) is 5.91 Å². The number of carbonyl (C=O) groups is 4. The fourth-order valence-electron chi connectivity index (χ4n) is 3.18. The molecule has 0 unspecified atom stereocenters. The van der Waals surface area contributed by atoms with Crippen molar-refractivity contribution in [1.29, 1.82) is 0 Å². The number of aryl methyl sites for hydroxylation is 3. The van der Waals surface area contributed by atoms with Gasteiger partial charge in [-0.25, -0.2) is 9.50 Å². The number of esters is 2. The summed E-state index contributed by atoms with van der Waals surface area (Å²) in [4.78, 5) is 47.3. The number of nitrogens with two attached hydrogens (primary N) is 1. The third-order valence-electron chi connectivity index (χ3n) is 4.75. The van der Waals surface area contributed by atoms with Crippen LogP contribution in [-0.4, -0.2) is 71.5 Å². The molecule has 4 aromatic rings. The first-order valence-electron chi connectivity index (χ1n) is 12.5. The number of hydrogen-bond donors (Lipinski definition) is 3. The topological polar surface area (TPSA) is 201 Å². The molecule has 0 radical (unpaired) electrons. The average Bonchev–Trinajstić information content (AvgIpc) is 3.57. The lowest BCUT2D eigenvalue weighted by atomic mass is 10.3. The number of hydrogen-bond acceptors (Lipinski definition) is 11. The van der Waals surface area contributed by atoms with Gasteiger partial charge >= 0.3 is 11.9 Å². The largest absolute Gasteiger partial charge is 0.466 e. The Kier molecular flexibility index (Phi) is 12.9. The summed E-state index contributed by atoms with van der Waals surface area (Å²) in [5.41, 5.74) is 8.50. The van der Waals surface area contributed by atoms with Crippen LogP contribution in [-0.2, 0) is 23.9 Å². The molecule has 1 aliphatic heterocycles. The average molecular weight is 624 g/mol. The molecule has 1 amide bonds. The van der Waals surface area contributed by atoms with Crippen molar-refractivity contribution >= 4 is 64.2 Å². The Labute approximate surface area is 250 Å². The zero-order valence-corrected chi connectivity index (χ0v) is 25.1. The first-order chi connectivity index (χ1) is 19.8. The van der Waals surface area contributed by atoms with Gasteiger partial charge in [0.05, 0.1) is 24.6 Å². The number of amides is 1. The monoisotopic (exact) mass is 623 g/mol. The number of ether oxygens (including phenoxy) is 2. The van der Waals surface area contributed by atoms with E-state index in [-0.39, 0.29) is 37.9 Å². The second-order valence-corrected chi connectivity index (χ2v) is 9.20. The van der Waals surface area contributed by atoms with E-state index in [4.69, 9.17) is 28.9 Å². The molecule has 4 N–H and O–H groups in total. The van der Waals surface area contributed by atoms with Crippen LogP contribution in [0.5, 0.6) is 0 Å². The minimum absolute atomic E-state index is 0.117. The molecule has 0 saturated carbocycles. The van der Waals surface area contributed by atoms with Gasteiger partial charge in [0, 0.05) is 30.0 Å². The molecule has 17 heteroatoms. The molecular formula is C25H31Cl2N9O6. The second-order valence-electron chi connectivity index (χ2n) is 8.42. The first-order valence-corrected chi connectivity index (χ1v) is 13.2. The zero-order chi connectivity index (χ0) is 31.4. The van der Waals surface area contributed by atoms with E-state index in [9.17, 15) is 19.2 Å². The molecule has 0 bridgehead atoms. The van der Waals surface area contributed by atoms with Crippen LogP contribution in [0.15, 0.2) is 24.3 Å². The lowest BCUT2D eigenvalue weighted by Crippen LogP contribution is -2.29. The van der Waals surface area contributed by atoms with Crippen molar-refractivity contribution in [2.75, 3.05) is 24.3 Å². The lowest BCUT2D eigenvalue weighted by molar-refractivity contribution is -0.153. The molecule has 5 rings (SSSR count). The Morgan fingerprint density at radius 1 is 0.976 bits per heavy atom. The number of aromatic nitrogens is 7. The number of halogens is 2. The predicted molar refractivity (Wildman–Crippen MR) is 154 cm³/mol. The molecule has 4 aromatic heterocycles. The van der Waals surface area contributed by atoms with Gasteiger partial charge in [0.25, 0.3) is 5.91 Å². The minimum Gasteiger partial charge on any atom is -0.466 e. The van der Waals surface area contributed by atoms with E-state index in [1.165, 1.54) is 4.68 Å². The molecule has 0 spiro atoms. The van der Waals surface area contributed by atoms with Crippen LogP contribution in [0.2, 0.25) is 10.3 Å². The summed E-state index contributed by atoms with van der Waals surface area (Å²) in [6.07, 6.45) is -0.407. The van der Waals surface area contributed by atoms with E-state index in [2.05, 4.69) is 40.2 Å². The Morgan fingerprint density at radius 3 is 2.12 bits per heavy atom. The van der Waals surface area contributed by atoms with E-state index >= 15 is 0 Å². The zero-order valence-electron chi connectivity index (χ0n) is 23.6. The predicted octanol–water partition coefficient (Wildman–Crippen LogP) is 3.32. The van der Waals surface area contributed by atoms with Gasteiger partial charge in [0.15, 0.2) is 5.65 Å². The van der Waals surface area contributed by atoms with Gasteiger partial charge in [0.1, 0.15) is 34.8 Å². The Bertz CT molecular complexity index is 1510. The number of rotatable bonds is 4. The maximum Gasteiger partial charge on any atom is 0.317 e. The number of nitrogens with one attached hydrogen (secondary N) is 2. The summed E-state index contributed by atoms with van der Waals surface area (Å²) in [5, 5.41) is 17.8. The van der Waals surface area contributed by atoms with E-state index in [0.717, 1.165) is 17.1 Å².